The van der Waals surface area contributed by atoms with Crippen molar-refractivity contribution >= 4 is 11.8 Å². The van der Waals surface area contributed by atoms with Crippen LogP contribution in [-0.2, 0) is 16.0 Å². The van der Waals surface area contributed by atoms with E-state index >= 15 is 0 Å². The molecule has 0 aromatic heterocycles. The Balaban J connectivity index is 1.49. The van der Waals surface area contributed by atoms with Gasteiger partial charge in [-0.2, -0.15) is 0 Å². The topological polar surface area (TPSA) is 67.9 Å². The summed E-state index contributed by atoms with van der Waals surface area (Å²) in [7, 11) is 3.24. The molecule has 26 heavy (non-hydrogen) atoms. The van der Waals surface area contributed by atoms with Gasteiger partial charge < -0.3 is 19.7 Å². The summed E-state index contributed by atoms with van der Waals surface area (Å²) in [5, 5.41) is 2.98. The molecular weight excluding hydrogens is 332 g/mol. The van der Waals surface area contributed by atoms with Crippen LogP contribution in [0.5, 0.6) is 11.5 Å². The number of nitrogens with one attached hydrogen (secondary N) is 1. The molecule has 0 spiro atoms. The van der Waals surface area contributed by atoms with E-state index in [0.717, 1.165) is 29.9 Å². The van der Waals surface area contributed by atoms with Gasteiger partial charge in [0.05, 0.1) is 20.1 Å². The van der Waals surface area contributed by atoms with Crippen molar-refractivity contribution in [2.75, 3.05) is 27.3 Å². The van der Waals surface area contributed by atoms with Gasteiger partial charge in [-0.15, -0.1) is 0 Å². The summed E-state index contributed by atoms with van der Waals surface area (Å²) in [6, 6.07) is 6.02. The minimum Gasteiger partial charge on any atom is -0.497 e. The average Bonchev–Trinajstić information content (AvgIpc) is 3.31. The predicted molar refractivity (Wildman–Crippen MR) is 98.3 cm³/mol. The van der Waals surface area contributed by atoms with Gasteiger partial charge in [-0.05, 0) is 30.9 Å². The highest BCUT2D eigenvalue weighted by Gasteiger charge is 2.38. The molecule has 1 N–H and O–H groups in total. The number of methoxy groups -OCH3 is 2. The molecule has 2 fully saturated rings. The lowest BCUT2D eigenvalue weighted by Gasteiger charge is -2.23. The second-order valence-corrected chi connectivity index (χ2v) is 7.10. The van der Waals surface area contributed by atoms with Crippen LogP contribution in [0.1, 0.15) is 37.7 Å². The number of amides is 2. The van der Waals surface area contributed by atoms with Crippen LogP contribution < -0.4 is 14.8 Å². The molecule has 1 aliphatic heterocycles. The first-order valence-corrected chi connectivity index (χ1v) is 9.40. The largest absolute Gasteiger partial charge is 0.497 e. The summed E-state index contributed by atoms with van der Waals surface area (Å²) in [5.41, 5.74) is 1.02. The van der Waals surface area contributed by atoms with Crippen molar-refractivity contribution in [3.8, 4) is 11.5 Å². The molecule has 1 saturated carbocycles. The molecule has 2 amide bonds. The van der Waals surface area contributed by atoms with Gasteiger partial charge in [-0.25, -0.2) is 0 Å². The zero-order valence-electron chi connectivity index (χ0n) is 15.6. The summed E-state index contributed by atoms with van der Waals surface area (Å²) in [5.74, 6) is 1.38. The Morgan fingerprint density at radius 3 is 2.69 bits per heavy atom. The van der Waals surface area contributed by atoms with Crippen LogP contribution in [0.2, 0.25) is 0 Å². The first-order valence-electron chi connectivity index (χ1n) is 9.40. The van der Waals surface area contributed by atoms with Gasteiger partial charge in [-0.3, -0.25) is 9.59 Å². The number of ether oxygens (including phenoxy) is 2. The van der Waals surface area contributed by atoms with Crippen LogP contribution in [0.4, 0.5) is 0 Å². The third-order valence-electron chi connectivity index (χ3n) is 5.48. The lowest BCUT2D eigenvalue weighted by Crippen LogP contribution is -2.37. The van der Waals surface area contributed by atoms with Crippen molar-refractivity contribution in [1.29, 1.82) is 0 Å². The van der Waals surface area contributed by atoms with Crippen molar-refractivity contribution in [3.05, 3.63) is 23.8 Å². The highest BCUT2D eigenvalue weighted by atomic mass is 16.5. The van der Waals surface area contributed by atoms with Gasteiger partial charge >= 0.3 is 0 Å². The van der Waals surface area contributed by atoms with Gasteiger partial charge in [0.1, 0.15) is 11.5 Å². The number of nitrogens with zero attached hydrogens (tertiary/aromatic N) is 1. The van der Waals surface area contributed by atoms with Gasteiger partial charge in [-0.1, -0.05) is 18.9 Å². The van der Waals surface area contributed by atoms with Crippen LogP contribution in [-0.4, -0.2) is 50.1 Å². The molecule has 142 valence electrons. The Labute approximate surface area is 154 Å². The monoisotopic (exact) mass is 360 g/mol. The third-order valence-corrected chi connectivity index (χ3v) is 5.48. The molecule has 6 heteroatoms. The summed E-state index contributed by atoms with van der Waals surface area (Å²) in [4.78, 5) is 26.6. The molecule has 1 saturated heterocycles. The normalized spacial score (nSPS) is 20.5. The Hall–Kier alpha value is -2.24. The Kier molecular flexibility index (Phi) is 6.01. The third kappa shape index (κ3) is 4.11. The molecule has 2 aliphatic rings. The fraction of sp³-hybridized carbons (Fsp3) is 0.600. The van der Waals surface area contributed by atoms with Crippen LogP contribution in [0, 0.1) is 5.92 Å². The maximum absolute atomic E-state index is 12.5. The van der Waals surface area contributed by atoms with Crippen LogP contribution in [0.15, 0.2) is 18.2 Å². The number of benzene rings is 1. The molecule has 1 aromatic rings. The zero-order valence-corrected chi connectivity index (χ0v) is 15.6. The molecule has 0 radical (unpaired) electrons. The summed E-state index contributed by atoms with van der Waals surface area (Å²) in [6.45, 7) is 1.09. The van der Waals surface area contributed by atoms with E-state index in [1.807, 2.05) is 23.1 Å². The van der Waals surface area contributed by atoms with E-state index in [1.165, 1.54) is 12.8 Å². The first-order chi connectivity index (χ1) is 12.6. The number of hydrogen-bond donors (Lipinski definition) is 1. The number of likely N-dealkylation sites (tertiary alicyclic amines) is 1. The summed E-state index contributed by atoms with van der Waals surface area (Å²) >= 11 is 0. The SMILES string of the molecule is COc1ccc(CCNC(=O)[C@@H]2CC(=O)N(C3CCCC3)C2)c(OC)c1. The Morgan fingerprint density at radius 1 is 1.23 bits per heavy atom. The fourth-order valence-electron chi connectivity index (χ4n) is 4.00. The minimum absolute atomic E-state index is 0.0219. The highest BCUT2D eigenvalue weighted by molar-refractivity contribution is 5.89. The van der Waals surface area contributed by atoms with E-state index < -0.39 is 0 Å². The maximum atomic E-state index is 12.5. The predicted octanol–water partition coefficient (Wildman–Crippen LogP) is 2.15. The molecule has 3 rings (SSSR count). The molecular formula is C20H28N2O4. The van der Waals surface area contributed by atoms with Gasteiger partial charge in [0.25, 0.3) is 0 Å². The number of carbonyl (C=O) groups excluding carboxylic acids is 2. The van der Waals surface area contributed by atoms with E-state index in [2.05, 4.69) is 5.32 Å². The minimum atomic E-state index is -0.221. The average molecular weight is 360 g/mol. The zero-order chi connectivity index (χ0) is 18.5. The molecule has 1 aromatic carbocycles. The van der Waals surface area contributed by atoms with Crippen molar-refractivity contribution in [2.45, 2.75) is 44.6 Å². The van der Waals surface area contributed by atoms with Gasteiger partial charge in [0, 0.05) is 31.6 Å². The van der Waals surface area contributed by atoms with E-state index in [1.54, 1.807) is 14.2 Å². The second kappa shape index (κ2) is 8.43. The van der Waals surface area contributed by atoms with Crippen LogP contribution in [0.25, 0.3) is 0 Å². The van der Waals surface area contributed by atoms with E-state index in [-0.39, 0.29) is 17.7 Å². The van der Waals surface area contributed by atoms with Crippen LogP contribution in [0.3, 0.4) is 0 Å². The molecule has 0 bridgehead atoms. The van der Waals surface area contributed by atoms with Crippen LogP contribution >= 0.6 is 0 Å². The Bertz CT molecular complexity index is 655. The molecule has 1 atom stereocenters. The number of carbonyl (C=O) groups is 2. The number of hydrogen-bond acceptors (Lipinski definition) is 4. The molecule has 6 nitrogen and oxygen atoms in total. The van der Waals surface area contributed by atoms with E-state index in [4.69, 9.17) is 9.47 Å². The first kappa shape index (κ1) is 18.5. The Morgan fingerprint density at radius 2 is 2.00 bits per heavy atom. The fourth-order valence-corrected chi connectivity index (χ4v) is 4.00. The van der Waals surface area contributed by atoms with Gasteiger partial charge in [0.15, 0.2) is 0 Å². The van der Waals surface area contributed by atoms with Gasteiger partial charge in [0.2, 0.25) is 11.8 Å². The second-order valence-electron chi connectivity index (χ2n) is 7.10. The smallest absolute Gasteiger partial charge is 0.225 e. The van der Waals surface area contributed by atoms with Crippen molar-refractivity contribution < 1.29 is 19.1 Å². The van der Waals surface area contributed by atoms with E-state index in [0.29, 0.717) is 32.0 Å². The molecule has 0 unspecified atom stereocenters. The highest BCUT2D eigenvalue weighted by Crippen LogP contribution is 2.29. The van der Waals surface area contributed by atoms with Crippen molar-refractivity contribution in [3.63, 3.8) is 0 Å². The molecule has 1 aliphatic carbocycles. The maximum Gasteiger partial charge on any atom is 0.225 e. The summed E-state index contributed by atoms with van der Waals surface area (Å²) < 4.78 is 10.6. The van der Waals surface area contributed by atoms with Crippen molar-refractivity contribution in [1.82, 2.24) is 10.2 Å². The van der Waals surface area contributed by atoms with E-state index in [9.17, 15) is 9.59 Å². The standard InChI is InChI=1S/C20H28N2O4/c1-25-17-8-7-14(18(12-17)26-2)9-10-21-20(24)15-11-19(23)22(13-15)16-5-3-4-6-16/h7-8,12,15-16H,3-6,9-11,13H2,1-2H3,(H,21,24)/t15-/m1/s1. The summed E-state index contributed by atoms with van der Waals surface area (Å²) in [6.07, 6.45) is 5.55. The lowest BCUT2D eigenvalue weighted by atomic mass is 10.1. The van der Waals surface area contributed by atoms with Crippen molar-refractivity contribution in [2.24, 2.45) is 5.92 Å². The quantitative estimate of drug-likeness (QED) is 0.809. The number of rotatable bonds is 7. The lowest BCUT2D eigenvalue weighted by molar-refractivity contribution is -0.130. The molecule has 1 heterocycles.